The van der Waals surface area contributed by atoms with Crippen molar-refractivity contribution in [3.63, 3.8) is 0 Å². The fraction of sp³-hybridized carbons (Fsp3) is 0.500. The number of nitrogens with zero attached hydrogens (tertiary/aromatic N) is 1. The van der Waals surface area contributed by atoms with Crippen molar-refractivity contribution in [1.29, 1.82) is 5.26 Å². The van der Waals surface area contributed by atoms with E-state index in [0.717, 1.165) is 25.7 Å². The molecule has 1 amide bonds. The summed E-state index contributed by atoms with van der Waals surface area (Å²) in [7, 11) is 0. The number of nitriles is 1. The maximum absolute atomic E-state index is 13.7. The van der Waals surface area contributed by atoms with Crippen molar-refractivity contribution < 1.29 is 9.18 Å². The fourth-order valence-electron chi connectivity index (χ4n) is 2.93. The Hall–Kier alpha value is -1.93. The monoisotopic (exact) mass is 289 g/mol. The molecule has 2 atom stereocenters. The van der Waals surface area contributed by atoms with E-state index in [0.29, 0.717) is 17.8 Å². The summed E-state index contributed by atoms with van der Waals surface area (Å²) in [4.78, 5) is 12.4. The second-order valence-corrected chi connectivity index (χ2v) is 5.62. The molecule has 112 valence electrons. The first-order chi connectivity index (χ1) is 10.1. The molecule has 0 saturated heterocycles. The number of benzene rings is 1. The second kappa shape index (κ2) is 6.68. The van der Waals surface area contributed by atoms with Crippen molar-refractivity contribution in [3.05, 3.63) is 29.1 Å². The van der Waals surface area contributed by atoms with Crippen LogP contribution in [0.15, 0.2) is 12.1 Å². The molecule has 4 nitrogen and oxygen atoms in total. The molecular weight excluding hydrogens is 269 g/mol. The highest BCUT2D eigenvalue weighted by atomic mass is 19.1. The second-order valence-electron chi connectivity index (χ2n) is 5.62. The van der Waals surface area contributed by atoms with Crippen LogP contribution in [-0.4, -0.2) is 12.5 Å². The van der Waals surface area contributed by atoms with E-state index >= 15 is 0 Å². The van der Waals surface area contributed by atoms with Gasteiger partial charge in [-0.15, -0.1) is 0 Å². The van der Waals surface area contributed by atoms with E-state index in [1.165, 1.54) is 12.1 Å². The highest BCUT2D eigenvalue weighted by Gasteiger charge is 2.30. The average Bonchev–Trinajstić information content (AvgIpc) is 2.51. The third kappa shape index (κ3) is 3.40. The molecular formula is C16H20FN3O. The largest absolute Gasteiger partial charge is 0.330 e. The number of anilines is 1. The molecule has 0 aliphatic heterocycles. The molecule has 2 rings (SSSR count). The highest BCUT2D eigenvalue weighted by molar-refractivity contribution is 5.93. The molecule has 21 heavy (non-hydrogen) atoms. The standard InChI is InChI=1S/C16H20FN3O/c1-10-14(17)6-11(8-18)7-15(10)20-16(21)13-5-3-2-4-12(13)9-19/h6-7,12-13H,2-5,9,19H2,1H3,(H,20,21). The minimum absolute atomic E-state index is 0.122. The molecule has 3 N–H and O–H groups in total. The Labute approximate surface area is 124 Å². The maximum Gasteiger partial charge on any atom is 0.227 e. The smallest absolute Gasteiger partial charge is 0.227 e. The number of nitrogens with one attached hydrogen (secondary N) is 1. The molecule has 0 spiro atoms. The van der Waals surface area contributed by atoms with Gasteiger partial charge in [0, 0.05) is 17.2 Å². The Balaban J connectivity index is 2.19. The number of halogens is 1. The minimum Gasteiger partial charge on any atom is -0.330 e. The molecule has 1 aliphatic carbocycles. The number of rotatable bonds is 3. The van der Waals surface area contributed by atoms with Gasteiger partial charge in [-0.05, 0) is 44.4 Å². The van der Waals surface area contributed by atoms with E-state index < -0.39 is 5.82 Å². The lowest BCUT2D eigenvalue weighted by molar-refractivity contribution is -0.122. The van der Waals surface area contributed by atoms with Crippen molar-refractivity contribution in [1.82, 2.24) is 0 Å². The number of hydrogen-bond donors (Lipinski definition) is 2. The van der Waals surface area contributed by atoms with Crippen LogP contribution in [0.25, 0.3) is 0 Å². The van der Waals surface area contributed by atoms with Crippen LogP contribution in [0.3, 0.4) is 0 Å². The molecule has 1 aromatic carbocycles. The summed E-state index contributed by atoms with van der Waals surface area (Å²) in [5.74, 6) is -0.550. The van der Waals surface area contributed by atoms with Gasteiger partial charge in [0.2, 0.25) is 5.91 Å². The van der Waals surface area contributed by atoms with Crippen LogP contribution in [0.2, 0.25) is 0 Å². The van der Waals surface area contributed by atoms with E-state index in [9.17, 15) is 9.18 Å². The van der Waals surface area contributed by atoms with Crippen LogP contribution >= 0.6 is 0 Å². The first-order valence-corrected chi connectivity index (χ1v) is 7.28. The van der Waals surface area contributed by atoms with E-state index in [2.05, 4.69) is 5.32 Å². The van der Waals surface area contributed by atoms with Crippen molar-refractivity contribution in [2.75, 3.05) is 11.9 Å². The highest BCUT2D eigenvalue weighted by Crippen LogP contribution is 2.31. The van der Waals surface area contributed by atoms with Crippen molar-refractivity contribution >= 4 is 11.6 Å². The van der Waals surface area contributed by atoms with E-state index in [1.807, 2.05) is 6.07 Å². The van der Waals surface area contributed by atoms with Crippen molar-refractivity contribution in [2.45, 2.75) is 32.6 Å². The Morgan fingerprint density at radius 2 is 2.19 bits per heavy atom. The fourth-order valence-corrected chi connectivity index (χ4v) is 2.93. The minimum atomic E-state index is -0.483. The molecule has 1 fully saturated rings. The van der Waals surface area contributed by atoms with Crippen LogP contribution in [0, 0.1) is 35.9 Å². The zero-order valence-corrected chi connectivity index (χ0v) is 12.2. The molecule has 0 radical (unpaired) electrons. The molecule has 1 aromatic rings. The summed E-state index contributed by atoms with van der Waals surface area (Å²) in [5, 5.41) is 11.7. The van der Waals surface area contributed by atoms with Gasteiger partial charge in [-0.1, -0.05) is 12.8 Å². The van der Waals surface area contributed by atoms with Crippen LogP contribution in [0.4, 0.5) is 10.1 Å². The number of carbonyl (C=O) groups is 1. The molecule has 0 bridgehead atoms. The summed E-state index contributed by atoms with van der Waals surface area (Å²) < 4.78 is 13.7. The predicted octanol–water partition coefficient (Wildman–Crippen LogP) is 2.71. The third-order valence-corrected chi connectivity index (χ3v) is 4.28. The van der Waals surface area contributed by atoms with E-state index in [-0.39, 0.29) is 23.3 Å². The maximum atomic E-state index is 13.7. The van der Waals surface area contributed by atoms with E-state index in [4.69, 9.17) is 11.0 Å². The lowest BCUT2D eigenvalue weighted by Gasteiger charge is -2.29. The van der Waals surface area contributed by atoms with Gasteiger partial charge in [0.15, 0.2) is 0 Å². The topological polar surface area (TPSA) is 78.9 Å². The zero-order valence-electron chi connectivity index (χ0n) is 12.2. The normalized spacial score (nSPS) is 21.6. The van der Waals surface area contributed by atoms with Gasteiger partial charge in [-0.25, -0.2) is 4.39 Å². The summed E-state index contributed by atoms with van der Waals surface area (Å²) in [5.41, 5.74) is 6.67. The first-order valence-electron chi connectivity index (χ1n) is 7.28. The quantitative estimate of drug-likeness (QED) is 0.898. The predicted molar refractivity (Wildman–Crippen MR) is 79.0 cm³/mol. The number of amides is 1. The summed E-state index contributed by atoms with van der Waals surface area (Å²) in [6.45, 7) is 2.08. The van der Waals surface area contributed by atoms with Gasteiger partial charge in [0.1, 0.15) is 5.82 Å². The van der Waals surface area contributed by atoms with Gasteiger partial charge >= 0.3 is 0 Å². The molecule has 0 aromatic heterocycles. The number of nitrogens with two attached hydrogens (primary N) is 1. The summed E-state index contributed by atoms with van der Waals surface area (Å²) in [6.07, 6.45) is 3.89. The van der Waals surface area contributed by atoms with Gasteiger partial charge in [0.25, 0.3) is 0 Å². The average molecular weight is 289 g/mol. The first kappa shape index (κ1) is 15.5. The Kier molecular flexibility index (Phi) is 4.92. The van der Waals surface area contributed by atoms with Crippen LogP contribution < -0.4 is 11.1 Å². The summed E-state index contributed by atoms with van der Waals surface area (Å²) in [6, 6.07) is 4.58. The van der Waals surface area contributed by atoms with Crippen molar-refractivity contribution in [2.24, 2.45) is 17.6 Å². The van der Waals surface area contributed by atoms with Crippen LogP contribution in [-0.2, 0) is 4.79 Å². The number of carbonyl (C=O) groups excluding carboxylic acids is 1. The van der Waals surface area contributed by atoms with Gasteiger partial charge < -0.3 is 11.1 Å². The Morgan fingerprint density at radius 3 is 2.86 bits per heavy atom. The van der Waals surface area contributed by atoms with Crippen molar-refractivity contribution in [3.8, 4) is 6.07 Å². The zero-order chi connectivity index (χ0) is 15.4. The molecule has 1 saturated carbocycles. The molecule has 0 heterocycles. The third-order valence-electron chi connectivity index (χ3n) is 4.28. The van der Waals surface area contributed by atoms with Gasteiger partial charge in [-0.3, -0.25) is 4.79 Å². The van der Waals surface area contributed by atoms with Gasteiger partial charge in [-0.2, -0.15) is 5.26 Å². The molecule has 5 heteroatoms. The van der Waals surface area contributed by atoms with Crippen LogP contribution in [0.5, 0.6) is 0 Å². The molecule has 2 unspecified atom stereocenters. The van der Waals surface area contributed by atoms with Gasteiger partial charge in [0.05, 0.1) is 11.6 Å². The Bertz CT molecular complexity index is 580. The summed E-state index contributed by atoms with van der Waals surface area (Å²) >= 11 is 0. The lowest BCUT2D eigenvalue weighted by Crippen LogP contribution is -2.35. The van der Waals surface area contributed by atoms with E-state index in [1.54, 1.807) is 6.92 Å². The Morgan fingerprint density at radius 1 is 1.48 bits per heavy atom. The van der Waals surface area contributed by atoms with Crippen LogP contribution in [0.1, 0.15) is 36.8 Å². The SMILES string of the molecule is Cc1c(F)cc(C#N)cc1NC(=O)C1CCCCC1CN. The number of hydrogen-bond acceptors (Lipinski definition) is 3. The molecule has 1 aliphatic rings. The lowest BCUT2D eigenvalue weighted by atomic mass is 9.78.